The molecule has 0 aromatic heterocycles. The highest BCUT2D eigenvalue weighted by Gasteiger charge is 2.17. The molecule has 0 spiro atoms. The van der Waals surface area contributed by atoms with E-state index >= 15 is 0 Å². The van der Waals surface area contributed by atoms with Gasteiger partial charge < -0.3 is 9.47 Å². The number of benzene rings is 1. The van der Waals surface area contributed by atoms with Gasteiger partial charge in [-0.15, -0.1) is 0 Å². The van der Waals surface area contributed by atoms with Crippen LogP contribution >= 0.6 is 0 Å². The normalized spacial score (nSPS) is 19.5. The first-order valence-corrected chi connectivity index (χ1v) is 5.96. The molecule has 0 N–H and O–H groups in total. The van der Waals surface area contributed by atoms with Crippen molar-refractivity contribution in [3.8, 4) is 0 Å². The van der Waals surface area contributed by atoms with Crippen LogP contribution in [0.4, 0.5) is 0 Å². The van der Waals surface area contributed by atoms with E-state index in [1.807, 2.05) is 32.0 Å². The zero-order valence-corrected chi connectivity index (χ0v) is 10.4. The van der Waals surface area contributed by atoms with Crippen LogP contribution in [0.5, 0.6) is 0 Å². The minimum absolute atomic E-state index is 0.0417. The largest absolute Gasteiger partial charge is 0.379 e. The number of hydrogen-bond donors (Lipinski definition) is 0. The van der Waals surface area contributed by atoms with E-state index in [4.69, 9.17) is 9.47 Å². The second-order valence-corrected chi connectivity index (χ2v) is 4.52. The lowest BCUT2D eigenvalue weighted by Crippen LogP contribution is -2.18. The van der Waals surface area contributed by atoms with Gasteiger partial charge in [-0.2, -0.15) is 0 Å². The van der Waals surface area contributed by atoms with E-state index in [0.29, 0.717) is 6.61 Å². The molecule has 1 fully saturated rings. The lowest BCUT2D eigenvalue weighted by molar-refractivity contribution is 0.0390. The van der Waals surface area contributed by atoms with Gasteiger partial charge in [-0.05, 0) is 37.5 Å². The van der Waals surface area contributed by atoms with Gasteiger partial charge in [0.25, 0.3) is 0 Å². The summed E-state index contributed by atoms with van der Waals surface area (Å²) in [4.78, 5) is 11.9. The first-order chi connectivity index (χ1) is 8.16. The van der Waals surface area contributed by atoms with Gasteiger partial charge >= 0.3 is 0 Å². The molecule has 0 radical (unpaired) electrons. The summed E-state index contributed by atoms with van der Waals surface area (Å²) in [5.74, 6) is 0.0417. The van der Waals surface area contributed by atoms with Crippen molar-refractivity contribution in [3.05, 3.63) is 34.9 Å². The van der Waals surface area contributed by atoms with Gasteiger partial charge in [0.15, 0.2) is 5.78 Å². The molecule has 0 saturated carbocycles. The first kappa shape index (κ1) is 12.3. The van der Waals surface area contributed by atoms with Gasteiger partial charge in [-0.25, -0.2) is 0 Å². The van der Waals surface area contributed by atoms with Crippen molar-refractivity contribution in [1.29, 1.82) is 0 Å². The summed E-state index contributed by atoms with van der Waals surface area (Å²) in [5, 5.41) is 0. The maximum Gasteiger partial charge on any atom is 0.188 e. The Hall–Kier alpha value is -1.19. The standard InChI is InChI=1S/C14H18O3/c1-10-3-4-12(7-11(10)2)14(15)9-17-13-5-6-16-8-13/h3-4,7,13H,5-6,8-9H2,1-2H3. The minimum Gasteiger partial charge on any atom is -0.379 e. The fourth-order valence-electron chi connectivity index (χ4n) is 1.84. The fraction of sp³-hybridized carbons (Fsp3) is 0.500. The van der Waals surface area contributed by atoms with Crippen LogP contribution in [0.1, 0.15) is 27.9 Å². The summed E-state index contributed by atoms with van der Waals surface area (Å²) in [7, 11) is 0. The lowest BCUT2D eigenvalue weighted by atomic mass is 10.0. The molecule has 1 aliphatic heterocycles. The first-order valence-electron chi connectivity index (χ1n) is 5.96. The molecule has 92 valence electrons. The number of aryl methyl sites for hydroxylation is 2. The van der Waals surface area contributed by atoms with Crippen molar-refractivity contribution in [3.63, 3.8) is 0 Å². The Balaban J connectivity index is 1.92. The Morgan fingerprint density at radius 2 is 2.24 bits per heavy atom. The molecule has 3 nitrogen and oxygen atoms in total. The third kappa shape index (κ3) is 3.14. The van der Waals surface area contributed by atoms with Crippen LogP contribution in [0.25, 0.3) is 0 Å². The Morgan fingerprint density at radius 1 is 1.41 bits per heavy atom. The quantitative estimate of drug-likeness (QED) is 0.750. The van der Waals surface area contributed by atoms with Crippen molar-refractivity contribution >= 4 is 5.78 Å². The van der Waals surface area contributed by atoms with Gasteiger partial charge in [-0.1, -0.05) is 12.1 Å². The zero-order valence-electron chi connectivity index (χ0n) is 10.4. The number of Topliss-reactive ketones (excluding diaryl/α,β-unsaturated/α-hetero) is 1. The summed E-state index contributed by atoms with van der Waals surface area (Å²) in [6.45, 7) is 5.55. The Labute approximate surface area is 102 Å². The zero-order chi connectivity index (χ0) is 12.3. The maximum absolute atomic E-state index is 11.9. The monoisotopic (exact) mass is 234 g/mol. The molecule has 1 aromatic rings. The molecular weight excluding hydrogens is 216 g/mol. The van der Waals surface area contributed by atoms with Crippen molar-refractivity contribution in [2.75, 3.05) is 19.8 Å². The molecule has 1 aliphatic rings. The smallest absolute Gasteiger partial charge is 0.188 e. The highest BCUT2D eigenvalue weighted by molar-refractivity contribution is 5.97. The molecule has 0 bridgehead atoms. The van der Waals surface area contributed by atoms with E-state index in [-0.39, 0.29) is 18.5 Å². The number of ether oxygens (including phenoxy) is 2. The Kier molecular flexibility index (Phi) is 3.92. The molecule has 0 aliphatic carbocycles. The topological polar surface area (TPSA) is 35.5 Å². The third-order valence-corrected chi connectivity index (χ3v) is 3.17. The number of hydrogen-bond acceptors (Lipinski definition) is 3. The maximum atomic E-state index is 11.9. The average Bonchev–Trinajstić information content (AvgIpc) is 2.82. The van der Waals surface area contributed by atoms with Crippen LogP contribution in [0.3, 0.4) is 0 Å². The van der Waals surface area contributed by atoms with E-state index in [9.17, 15) is 4.79 Å². The van der Waals surface area contributed by atoms with Crippen molar-refractivity contribution in [2.45, 2.75) is 26.4 Å². The number of carbonyl (C=O) groups is 1. The predicted octanol–water partition coefficient (Wildman–Crippen LogP) is 2.29. The summed E-state index contributed by atoms with van der Waals surface area (Å²) < 4.78 is 10.7. The van der Waals surface area contributed by atoms with E-state index < -0.39 is 0 Å². The highest BCUT2D eigenvalue weighted by Crippen LogP contribution is 2.12. The summed E-state index contributed by atoms with van der Waals surface area (Å²) in [5.41, 5.74) is 3.07. The molecule has 1 heterocycles. The van der Waals surface area contributed by atoms with Crippen LogP contribution in [0, 0.1) is 13.8 Å². The summed E-state index contributed by atoms with van der Waals surface area (Å²) in [6, 6.07) is 5.76. The third-order valence-electron chi connectivity index (χ3n) is 3.17. The number of ketones is 1. The van der Waals surface area contributed by atoms with Gasteiger partial charge in [0.05, 0.1) is 12.7 Å². The van der Waals surface area contributed by atoms with Crippen LogP contribution in [-0.2, 0) is 9.47 Å². The number of rotatable bonds is 4. The van der Waals surface area contributed by atoms with E-state index in [1.54, 1.807) is 0 Å². The van der Waals surface area contributed by atoms with Crippen molar-refractivity contribution < 1.29 is 14.3 Å². The molecular formula is C14H18O3. The molecule has 1 aromatic carbocycles. The molecule has 0 amide bonds. The van der Waals surface area contributed by atoms with Gasteiger partial charge in [0.1, 0.15) is 6.61 Å². The van der Waals surface area contributed by atoms with Gasteiger partial charge in [-0.3, -0.25) is 4.79 Å². The molecule has 1 unspecified atom stereocenters. The molecule has 1 saturated heterocycles. The van der Waals surface area contributed by atoms with Crippen LogP contribution < -0.4 is 0 Å². The lowest BCUT2D eigenvalue weighted by Gasteiger charge is -2.09. The predicted molar refractivity (Wildman–Crippen MR) is 65.4 cm³/mol. The van der Waals surface area contributed by atoms with E-state index in [0.717, 1.165) is 24.2 Å². The Morgan fingerprint density at radius 3 is 2.88 bits per heavy atom. The molecule has 2 rings (SSSR count). The van der Waals surface area contributed by atoms with E-state index in [2.05, 4.69) is 0 Å². The van der Waals surface area contributed by atoms with Crippen LogP contribution in [-0.4, -0.2) is 31.7 Å². The molecule has 1 atom stereocenters. The minimum atomic E-state index is 0.0417. The molecule has 3 heteroatoms. The van der Waals surface area contributed by atoms with Crippen LogP contribution in [0.15, 0.2) is 18.2 Å². The highest BCUT2D eigenvalue weighted by atomic mass is 16.5. The van der Waals surface area contributed by atoms with Crippen molar-refractivity contribution in [2.24, 2.45) is 0 Å². The van der Waals surface area contributed by atoms with Gasteiger partial charge in [0, 0.05) is 12.2 Å². The number of carbonyl (C=O) groups excluding carboxylic acids is 1. The second kappa shape index (κ2) is 5.43. The summed E-state index contributed by atoms with van der Waals surface area (Å²) in [6.07, 6.45) is 0.978. The molecule has 17 heavy (non-hydrogen) atoms. The van der Waals surface area contributed by atoms with Gasteiger partial charge in [0.2, 0.25) is 0 Å². The summed E-state index contributed by atoms with van der Waals surface area (Å²) >= 11 is 0. The SMILES string of the molecule is Cc1ccc(C(=O)COC2CCOC2)cc1C. The van der Waals surface area contributed by atoms with Crippen LogP contribution in [0.2, 0.25) is 0 Å². The van der Waals surface area contributed by atoms with E-state index in [1.165, 1.54) is 5.56 Å². The Bertz CT molecular complexity index is 406. The fourth-order valence-corrected chi connectivity index (χ4v) is 1.84. The average molecular weight is 234 g/mol. The second-order valence-electron chi connectivity index (χ2n) is 4.52. The van der Waals surface area contributed by atoms with Crippen molar-refractivity contribution in [1.82, 2.24) is 0 Å².